The predicted octanol–water partition coefficient (Wildman–Crippen LogP) is -2.66. The molecular formula is C31H20N2Na2O10S2. The van der Waals surface area contributed by atoms with E-state index in [0.29, 0.717) is 5.56 Å². The van der Waals surface area contributed by atoms with Gasteiger partial charge in [0.2, 0.25) is 0 Å². The first-order chi connectivity index (χ1) is 21.2. The van der Waals surface area contributed by atoms with Gasteiger partial charge in [0, 0.05) is 21.9 Å². The Kier molecular flexibility index (Phi) is 10.5. The molecule has 1 aliphatic carbocycles. The van der Waals surface area contributed by atoms with Crippen LogP contribution in [-0.2, 0) is 20.2 Å². The molecule has 0 fully saturated rings. The number of aliphatic hydroxyl groups excluding tert-OH is 1. The first kappa shape index (κ1) is 36.7. The van der Waals surface area contributed by atoms with E-state index in [1.165, 1.54) is 49.4 Å². The third kappa shape index (κ3) is 6.63. The minimum atomic E-state index is -5.04. The summed E-state index contributed by atoms with van der Waals surface area (Å²) in [6.45, 7) is 2.85. The number of aromatic nitrogens is 1. The molecule has 0 aromatic heterocycles. The van der Waals surface area contributed by atoms with E-state index in [2.05, 4.69) is 10.3 Å². The zero-order valence-corrected chi connectivity index (χ0v) is 30.9. The van der Waals surface area contributed by atoms with Crippen LogP contribution in [0.25, 0.3) is 27.4 Å². The van der Waals surface area contributed by atoms with Crippen LogP contribution in [0.1, 0.15) is 12.5 Å². The molecule has 0 radical (unpaired) electrons. The van der Waals surface area contributed by atoms with Crippen LogP contribution >= 0.6 is 0 Å². The van der Waals surface area contributed by atoms with Crippen molar-refractivity contribution in [1.29, 1.82) is 0 Å². The van der Waals surface area contributed by atoms with Gasteiger partial charge < -0.3 is 24.3 Å². The van der Waals surface area contributed by atoms with Crippen LogP contribution in [0.3, 0.4) is 0 Å². The molecule has 0 saturated carbocycles. The fraction of sp³-hybridized carbons (Fsp3) is 0.0645. The fourth-order valence-electron chi connectivity index (χ4n) is 5.39. The van der Waals surface area contributed by atoms with Crippen LogP contribution < -0.4 is 85.4 Å². The molecule has 0 saturated heterocycles. The van der Waals surface area contributed by atoms with Crippen molar-refractivity contribution in [2.24, 2.45) is 0 Å². The molecule has 228 valence electrons. The number of ether oxygens (including phenoxy) is 1. The number of rotatable bonds is 6. The Morgan fingerprint density at radius 1 is 0.787 bits per heavy atom. The minimum absolute atomic E-state index is 0. The molecule has 47 heavy (non-hydrogen) atoms. The van der Waals surface area contributed by atoms with E-state index in [0.717, 1.165) is 12.1 Å². The Hall–Kier alpha value is -3.15. The Morgan fingerprint density at radius 2 is 1.40 bits per heavy atom. The average molecular weight is 691 g/mol. The number of nitrogens with zero attached hydrogens (tertiary/aromatic N) is 1. The Balaban J connectivity index is 0.00000250. The standard InChI is InChI=1S/C31H22N2O10S2.2Na/c1-15-11-12-19(24(13-15)45(40,41)42)32-20-14-22(43-21-9-5-6-10-23(21)44(37,38)39)29-28-26(25(16(2)34)31(36)33-29)17-7-3-4-8-18(17)30(35)27(20)28;;/h3-14,32,34H,1-2H3,(H,37,38,39)(H,40,41,42);;/q;2*+1/p-2/b25-16+;;. The molecule has 4 aromatic carbocycles. The molecule has 16 heteroatoms. The third-order valence-corrected chi connectivity index (χ3v) is 8.99. The van der Waals surface area contributed by atoms with E-state index in [-0.39, 0.29) is 114 Å². The maximum absolute atomic E-state index is 14.1. The van der Waals surface area contributed by atoms with Crippen LogP contribution in [0.2, 0.25) is 0 Å². The first-order valence-corrected chi connectivity index (χ1v) is 15.9. The normalized spacial score (nSPS) is 12.4. The third-order valence-electron chi connectivity index (χ3n) is 7.24. The summed E-state index contributed by atoms with van der Waals surface area (Å²) in [5.41, 5.74) is -1.49. The molecular weight excluding hydrogens is 670 g/mol. The number of aryl methyl sites for hydroxylation is 1. The maximum atomic E-state index is 14.1. The number of aliphatic hydroxyl groups is 1. The van der Waals surface area contributed by atoms with Gasteiger partial charge in [0.1, 0.15) is 37.3 Å². The first-order valence-electron chi connectivity index (χ1n) is 13.1. The number of anilines is 2. The molecule has 0 spiro atoms. The van der Waals surface area contributed by atoms with Crippen molar-refractivity contribution in [2.45, 2.75) is 23.6 Å². The number of hydrogen-bond donors (Lipinski definition) is 2. The van der Waals surface area contributed by atoms with Crippen LogP contribution in [0, 0.1) is 17.4 Å². The monoisotopic (exact) mass is 690 g/mol. The van der Waals surface area contributed by atoms with Crippen LogP contribution in [-0.4, -0.2) is 36.0 Å². The Labute approximate surface area is 311 Å². The summed E-state index contributed by atoms with van der Waals surface area (Å²) >= 11 is 0. The molecule has 2 N–H and O–H groups in total. The number of nitrogens with one attached hydrogen (secondary N) is 1. The summed E-state index contributed by atoms with van der Waals surface area (Å²) < 4.78 is 78.6. The summed E-state index contributed by atoms with van der Waals surface area (Å²) in [7, 11) is -10.1. The molecule has 1 aliphatic heterocycles. The molecule has 0 unspecified atom stereocenters. The van der Waals surface area contributed by atoms with Crippen molar-refractivity contribution in [3.8, 4) is 11.5 Å². The van der Waals surface area contributed by atoms with E-state index in [9.17, 15) is 40.6 Å². The van der Waals surface area contributed by atoms with Gasteiger partial charge in [-0.1, -0.05) is 42.5 Å². The number of benzene rings is 4. The predicted molar refractivity (Wildman–Crippen MR) is 162 cm³/mol. The van der Waals surface area contributed by atoms with Gasteiger partial charge in [0.15, 0.2) is 11.2 Å². The summed E-state index contributed by atoms with van der Waals surface area (Å²) in [5.74, 6) is -1.11. The fourth-order valence-corrected chi connectivity index (χ4v) is 6.71. The average Bonchev–Trinajstić information content (AvgIpc) is 2.96. The van der Waals surface area contributed by atoms with Crippen molar-refractivity contribution in [3.05, 3.63) is 115 Å². The van der Waals surface area contributed by atoms with Crippen molar-refractivity contribution in [3.63, 3.8) is 0 Å². The quantitative estimate of drug-likeness (QED) is 0.136. The Bertz CT molecular complexity index is 2690. The molecule has 0 amide bonds. The van der Waals surface area contributed by atoms with Gasteiger partial charge in [-0.05, 0) is 49.1 Å². The van der Waals surface area contributed by atoms with E-state index >= 15 is 0 Å². The van der Waals surface area contributed by atoms with Gasteiger partial charge >= 0.3 is 59.1 Å². The van der Waals surface area contributed by atoms with E-state index in [4.69, 9.17) is 4.74 Å². The second-order valence-electron chi connectivity index (χ2n) is 10.2. The minimum Gasteiger partial charge on any atom is -0.744 e. The SMILES string of the molecule is C/C(O)=c1\c(=O)nc2c(Oc3ccccc3S(=O)(=O)[O-])cc(Nc3ccc(C)cc3S(=O)(=O)[O-])c3c2=c1c1ccccc1c3=O.[Na+].[Na+]. The molecule has 1 heterocycles. The number of hydrogen-bond acceptors (Lipinski definition) is 12. The second-order valence-corrected chi connectivity index (χ2v) is 12.9. The van der Waals surface area contributed by atoms with Gasteiger partial charge in [-0.3, -0.25) is 9.59 Å². The van der Waals surface area contributed by atoms with E-state index < -0.39 is 52.5 Å². The topological polar surface area (TPSA) is 203 Å². The van der Waals surface area contributed by atoms with Crippen LogP contribution in [0.5, 0.6) is 11.5 Å². The molecule has 4 aromatic rings. The number of fused-ring (bicyclic) bond motifs is 2. The maximum Gasteiger partial charge on any atom is 1.00 e. The summed E-state index contributed by atoms with van der Waals surface area (Å²) in [4.78, 5) is 30.2. The van der Waals surface area contributed by atoms with E-state index in [1.54, 1.807) is 25.1 Å². The summed E-state index contributed by atoms with van der Waals surface area (Å²) in [6, 6.07) is 16.4. The zero-order valence-electron chi connectivity index (χ0n) is 25.3. The molecule has 0 atom stereocenters. The molecule has 2 aliphatic rings. The van der Waals surface area contributed by atoms with Gasteiger partial charge in [-0.2, -0.15) is 0 Å². The van der Waals surface area contributed by atoms with Gasteiger partial charge in [0.05, 0.1) is 31.8 Å². The van der Waals surface area contributed by atoms with Gasteiger partial charge in [-0.25, -0.2) is 21.8 Å². The molecule has 0 bridgehead atoms. The smallest absolute Gasteiger partial charge is 0.744 e. The number of para-hydroxylation sites is 1. The van der Waals surface area contributed by atoms with Crippen molar-refractivity contribution in [2.75, 3.05) is 5.32 Å². The summed E-state index contributed by atoms with van der Waals surface area (Å²) in [5, 5.41) is 13.7. The van der Waals surface area contributed by atoms with Crippen molar-refractivity contribution in [1.82, 2.24) is 4.98 Å². The summed E-state index contributed by atoms with van der Waals surface area (Å²) in [6.07, 6.45) is 0. The van der Waals surface area contributed by atoms with Crippen molar-refractivity contribution < 1.29 is 94.9 Å². The molecule has 12 nitrogen and oxygen atoms in total. The van der Waals surface area contributed by atoms with Crippen LogP contribution in [0.15, 0.2) is 92.2 Å². The van der Waals surface area contributed by atoms with E-state index in [1.807, 2.05) is 0 Å². The van der Waals surface area contributed by atoms with Gasteiger partial charge in [-0.15, -0.1) is 0 Å². The van der Waals surface area contributed by atoms with Gasteiger partial charge in [0.25, 0.3) is 5.56 Å². The molecule has 6 rings (SSSR count). The van der Waals surface area contributed by atoms with Crippen molar-refractivity contribution >= 4 is 59.0 Å². The zero-order chi connectivity index (χ0) is 32.4. The largest absolute Gasteiger partial charge is 1.00 e. The Morgan fingerprint density at radius 3 is 2.04 bits per heavy atom. The van der Waals surface area contributed by atoms with Crippen LogP contribution in [0.4, 0.5) is 11.4 Å². The second kappa shape index (κ2) is 13.4.